The summed E-state index contributed by atoms with van der Waals surface area (Å²) in [7, 11) is 0. The molecule has 0 aliphatic heterocycles. The summed E-state index contributed by atoms with van der Waals surface area (Å²) in [6, 6.07) is 4.24. The van der Waals surface area contributed by atoms with Crippen molar-refractivity contribution in [2.45, 2.75) is 69.2 Å². The van der Waals surface area contributed by atoms with E-state index in [-0.39, 0.29) is 24.2 Å². The van der Waals surface area contributed by atoms with Crippen LogP contribution in [0.25, 0.3) is 0 Å². The molecule has 1 aromatic rings. The molecule has 2 atom stereocenters. The summed E-state index contributed by atoms with van der Waals surface area (Å²) in [6.45, 7) is 5.26. The molecule has 172 valence electrons. The number of halogens is 2. The number of carbonyl (C=O) groups is 4. The number of rotatable bonds is 13. The van der Waals surface area contributed by atoms with E-state index in [2.05, 4.69) is 47.8 Å². The molecule has 9 heteroatoms. The monoisotopic (exact) mass is 559 g/mol. The number of anilines is 1. The van der Waals surface area contributed by atoms with Crippen LogP contribution in [-0.2, 0) is 29.8 Å². The fourth-order valence-electron chi connectivity index (χ4n) is 2.90. The molecule has 1 unspecified atom stereocenters. The van der Waals surface area contributed by atoms with Gasteiger partial charge in [0.2, 0.25) is 17.7 Å². The highest BCUT2D eigenvalue weighted by Crippen LogP contribution is 2.19. The van der Waals surface area contributed by atoms with Gasteiger partial charge in [0.1, 0.15) is 18.4 Å². The summed E-state index contributed by atoms with van der Waals surface area (Å²) in [5, 5.41) is 9.58. The van der Waals surface area contributed by atoms with Crippen LogP contribution in [0.3, 0.4) is 0 Å². The molecule has 0 saturated carbocycles. The Bertz CT molecular complexity index is 749. The minimum absolute atomic E-state index is 0.147. The first-order chi connectivity index (χ1) is 14.7. The van der Waals surface area contributed by atoms with E-state index in [4.69, 9.17) is 0 Å². The number of hydrogen-bond donors (Lipinski definition) is 3. The van der Waals surface area contributed by atoms with Crippen LogP contribution in [-0.4, -0.2) is 36.1 Å². The smallest absolute Gasteiger partial charge is 0.246 e. The van der Waals surface area contributed by atoms with Gasteiger partial charge in [-0.25, -0.2) is 0 Å². The van der Waals surface area contributed by atoms with Crippen molar-refractivity contribution < 1.29 is 19.2 Å². The Morgan fingerprint density at radius 1 is 0.935 bits per heavy atom. The lowest BCUT2D eigenvalue weighted by atomic mass is 10.0. The number of carbonyl (C=O) groups excluding carboxylic acids is 4. The summed E-state index contributed by atoms with van der Waals surface area (Å²) in [6.07, 6.45) is 2.72. The summed E-state index contributed by atoms with van der Waals surface area (Å²) in [5.41, 5.74) is 2.71. The zero-order valence-corrected chi connectivity index (χ0v) is 21.3. The summed E-state index contributed by atoms with van der Waals surface area (Å²) in [5.74, 6) is -1.14. The molecule has 0 radical (unpaired) electrons. The van der Waals surface area contributed by atoms with Gasteiger partial charge in [-0.15, -0.1) is 0 Å². The van der Waals surface area contributed by atoms with Gasteiger partial charge in [0.25, 0.3) is 0 Å². The van der Waals surface area contributed by atoms with E-state index in [0.29, 0.717) is 35.6 Å². The van der Waals surface area contributed by atoms with Gasteiger partial charge >= 0.3 is 0 Å². The van der Waals surface area contributed by atoms with Gasteiger partial charge in [0, 0.05) is 29.2 Å². The minimum atomic E-state index is -0.779. The third-order valence-corrected chi connectivity index (χ3v) is 5.92. The van der Waals surface area contributed by atoms with Crippen LogP contribution < -0.4 is 16.0 Å². The van der Waals surface area contributed by atoms with Crippen molar-refractivity contribution in [2.75, 3.05) is 5.32 Å². The lowest BCUT2D eigenvalue weighted by Gasteiger charge is -2.24. The number of alkyl halides is 2. The highest BCUT2D eigenvalue weighted by Gasteiger charge is 2.26. The molecule has 0 heterocycles. The largest absolute Gasteiger partial charge is 0.344 e. The number of aldehydes is 1. The molecule has 31 heavy (non-hydrogen) atoms. The van der Waals surface area contributed by atoms with E-state index in [1.165, 1.54) is 0 Å². The van der Waals surface area contributed by atoms with Gasteiger partial charge in [0.05, 0.1) is 0 Å². The maximum Gasteiger partial charge on any atom is 0.246 e. The van der Waals surface area contributed by atoms with Crippen molar-refractivity contribution in [3.63, 3.8) is 0 Å². The van der Waals surface area contributed by atoms with E-state index >= 15 is 0 Å². The first-order valence-corrected chi connectivity index (χ1v) is 12.5. The highest BCUT2D eigenvalue weighted by molar-refractivity contribution is 9.08. The van der Waals surface area contributed by atoms with Crippen LogP contribution in [0.5, 0.6) is 0 Å². The molecule has 1 rings (SSSR count). The fourth-order valence-corrected chi connectivity index (χ4v) is 3.55. The van der Waals surface area contributed by atoms with Crippen molar-refractivity contribution in [3.8, 4) is 0 Å². The average Bonchev–Trinajstić information content (AvgIpc) is 2.74. The number of amides is 3. The molecule has 3 amide bonds. The average molecular weight is 561 g/mol. The van der Waals surface area contributed by atoms with Crippen LogP contribution in [0.4, 0.5) is 5.69 Å². The van der Waals surface area contributed by atoms with Crippen molar-refractivity contribution in [2.24, 2.45) is 5.92 Å². The lowest BCUT2D eigenvalue weighted by molar-refractivity contribution is -0.131. The third-order valence-electron chi connectivity index (χ3n) is 4.62. The van der Waals surface area contributed by atoms with Crippen molar-refractivity contribution in [1.29, 1.82) is 0 Å². The SMILES string of the molecule is CC(C)C(NC(=O)CCCCC=O)C(=O)N[C@@H](C)C(=O)Nc1cc(CBr)cc(CBr)c1. The van der Waals surface area contributed by atoms with E-state index < -0.39 is 18.0 Å². The van der Waals surface area contributed by atoms with Gasteiger partial charge in [-0.05, 0) is 48.9 Å². The molecule has 0 saturated heterocycles. The van der Waals surface area contributed by atoms with Gasteiger partial charge < -0.3 is 20.7 Å². The fraction of sp³-hybridized carbons (Fsp3) is 0.545. The predicted octanol–water partition coefficient (Wildman–Crippen LogP) is 3.82. The molecule has 0 aliphatic rings. The Balaban J connectivity index is 2.69. The van der Waals surface area contributed by atoms with Gasteiger partial charge in [-0.2, -0.15) is 0 Å². The second-order valence-corrected chi connectivity index (χ2v) is 8.85. The van der Waals surface area contributed by atoms with E-state index in [0.717, 1.165) is 17.4 Å². The van der Waals surface area contributed by atoms with Crippen LogP contribution >= 0.6 is 31.9 Å². The van der Waals surface area contributed by atoms with Crippen LogP contribution in [0.1, 0.15) is 57.6 Å². The zero-order chi connectivity index (χ0) is 23.4. The Morgan fingerprint density at radius 3 is 2.06 bits per heavy atom. The van der Waals surface area contributed by atoms with Crippen molar-refractivity contribution in [1.82, 2.24) is 10.6 Å². The maximum absolute atomic E-state index is 12.7. The van der Waals surface area contributed by atoms with Crippen LogP contribution in [0.15, 0.2) is 18.2 Å². The number of benzene rings is 1. The molecule has 0 aliphatic carbocycles. The minimum Gasteiger partial charge on any atom is -0.344 e. The summed E-state index contributed by atoms with van der Waals surface area (Å²) < 4.78 is 0. The Morgan fingerprint density at radius 2 is 1.55 bits per heavy atom. The van der Waals surface area contributed by atoms with Crippen molar-refractivity contribution >= 4 is 61.6 Å². The van der Waals surface area contributed by atoms with Gasteiger partial charge in [-0.3, -0.25) is 14.4 Å². The Hall–Kier alpha value is -1.74. The molecular formula is C22H31Br2N3O4. The first kappa shape index (κ1) is 27.3. The third kappa shape index (κ3) is 9.95. The maximum atomic E-state index is 12.7. The zero-order valence-electron chi connectivity index (χ0n) is 18.2. The molecule has 0 spiro atoms. The Labute approximate surface area is 200 Å². The molecule has 1 aromatic carbocycles. The van der Waals surface area contributed by atoms with Crippen LogP contribution in [0.2, 0.25) is 0 Å². The molecule has 3 N–H and O–H groups in total. The topological polar surface area (TPSA) is 104 Å². The molecule has 0 bridgehead atoms. The van der Waals surface area contributed by atoms with Gasteiger partial charge in [-0.1, -0.05) is 51.8 Å². The normalized spacial score (nSPS) is 12.7. The summed E-state index contributed by atoms with van der Waals surface area (Å²) in [4.78, 5) is 47.8. The number of unbranched alkanes of at least 4 members (excludes halogenated alkanes) is 2. The van der Waals surface area contributed by atoms with Gasteiger partial charge in [0.15, 0.2) is 0 Å². The molecular weight excluding hydrogens is 530 g/mol. The van der Waals surface area contributed by atoms with E-state index in [1.807, 2.05) is 32.0 Å². The molecule has 0 aromatic heterocycles. The standard InChI is InChI=1S/C22H31Br2N3O4/c1-14(2)20(27-19(29)7-5-4-6-8-28)22(31)25-15(3)21(30)26-18-10-16(12-23)9-17(11-18)13-24/h8-11,14-15,20H,4-7,12-13H2,1-3H3,(H,25,31)(H,26,30)(H,27,29)/t15-,20?/m0/s1. The summed E-state index contributed by atoms with van der Waals surface area (Å²) >= 11 is 6.84. The number of hydrogen-bond acceptors (Lipinski definition) is 4. The predicted molar refractivity (Wildman–Crippen MR) is 129 cm³/mol. The highest BCUT2D eigenvalue weighted by atomic mass is 79.9. The van der Waals surface area contributed by atoms with Crippen LogP contribution in [0, 0.1) is 5.92 Å². The lowest BCUT2D eigenvalue weighted by Crippen LogP contribution is -2.53. The quantitative estimate of drug-likeness (QED) is 0.194. The second kappa shape index (κ2) is 14.3. The number of nitrogens with one attached hydrogen (secondary N) is 3. The Kier molecular flexibility index (Phi) is 12.6. The van der Waals surface area contributed by atoms with Crippen molar-refractivity contribution in [3.05, 3.63) is 29.3 Å². The second-order valence-electron chi connectivity index (χ2n) is 7.73. The first-order valence-electron chi connectivity index (χ1n) is 10.3. The van der Waals surface area contributed by atoms with E-state index in [1.54, 1.807) is 6.92 Å². The molecule has 0 fully saturated rings. The van der Waals surface area contributed by atoms with E-state index in [9.17, 15) is 19.2 Å². The molecule has 7 nitrogen and oxygen atoms in total.